The average Bonchev–Trinajstić information content (AvgIpc) is 2.25. The zero-order valence-corrected chi connectivity index (χ0v) is 12.4. The molecule has 0 atom stereocenters. The fraction of sp³-hybridized carbons (Fsp3) is 0.600. The highest BCUT2D eigenvalue weighted by Gasteiger charge is 2.35. The number of benzene rings is 1. The van der Waals surface area contributed by atoms with Gasteiger partial charge in [0.1, 0.15) is 0 Å². The summed E-state index contributed by atoms with van der Waals surface area (Å²) in [6, 6.07) is 8.46. The van der Waals surface area contributed by atoms with E-state index in [0.717, 1.165) is 5.46 Å². The van der Waals surface area contributed by atoms with Crippen LogP contribution in [-0.4, -0.2) is 23.8 Å². The predicted molar refractivity (Wildman–Crippen MR) is 78.8 cm³/mol. The molecule has 1 aromatic rings. The molecule has 0 aliphatic carbocycles. The zero-order valence-electron chi connectivity index (χ0n) is 12.4. The topological polar surface area (TPSA) is 29.5 Å². The average molecular weight is 248 g/mol. The number of hydrogen-bond acceptors (Lipinski definition) is 2. The lowest BCUT2D eigenvalue weighted by Crippen LogP contribution is -2.49. The van der Waals surface area contributed by atoms with Gasteiger partial charge in [-0.3, -0.25) is 0 Å². The Hall–Kier alpha value is -0.795. The SMILES string of the molecule is CC(C)c1ccc(BOC(C)(C)C(C)(C)O)cc1. The van der Waals surface area contributed by atoms with Crippen molar-refractivity contribution in [2.75, 3.05) is 0 Å². The number of aliphatic hydroxyl groups is 1. The van der Waals surface area contributed by atoms with E-state index in [1.54, 1.807) is 13.8 Å². The molecule has 0 aromatic heterocycles. The highest BCUT2D eigenvalue weighted by Crippen LogP contribution is 2.24. The Morgan fingerprint density at radius 2 is 1.56 bits per heavy atom. The van der Waals surface area contributed by atoms with Crippen molar-refractivity contribution < 1.29 is 9.76 Å². The highest BCUT2D eigenvalue weighted by atomic mass is 16.5. The minimum atomic E-state index is -0.856. The van der Waals surface area contributed by atoms with E-state index in [2.05, 4.69) is 38.1 Å². The quantitative estimate of drug-likeness (QED) is 0.810. The zero-order chi connectivity index (χ0) is 14.0. The Balaban J connectivity index is 2.64. The summed E-state index contributed by atoms with van der Waals surface area (Å²) in [6.07, 6.45) is 0. The van der Waals surface area contributed by atoms with Gasteiger partial charge in [-0.15, -0.1) is 0 Å². The molecule has 1 rings (SSSR count). The second-order valence-electron chi connectivity index (χ2n) is 6.25. The second kappa shape index (κ2) is 5.46. The van der Waals surface area contributed by atoms with Crippen LogP contribution in [0.4, 0.5) is 0 Å². The molecule has 0 unspecified atom stereocenters. The van der Waals surface area contributed by atoms with Crippen molar-refractivity contribution in [2.24, 2.45) is 0 Å². The van der Waals surface area contributed by atoms with Gasteiger partial charge in [0.25, 0.3) is 0 Å². The molecule has 1 N–H and O–H groups in total. The molecule has 0 saturated carbocycles. The first-order chi connectivity index (χ1) is 8.13. The molecule has 0 aliphatic heterocycles. The van der Waals surface area contributed by atoms with Crippen LogP contribution < -0.4 is 5.46 Å². The van der Waals surface area contributed by atoms with Gasteiger partial charge in [-0.05, 0) is 39.2 Å². The van der Waals surface area contributed by atoms with Gasteiger partial charge in [0, 0.05) is 0 Å². The van der Waals surface area contributed by atoms with Gasteiger partial charge in [0.2, 0.25) is 0 Å². The van der Waals surface area contributed by atoms with E-state index < -0.39 is 11.2 Å². The van der Waals surface area contributed by atoms with Crippen LogP contribution in [0.25, 0.3) is 0 Å². The molecule has 1 aromatic carbocycles. The molecule has 3 heteroatoms. The smallest absolute Gasteiger partial charge is 0.309 e. The molecule has 0 saturated heterocycles. The third kappa shape index (κ3) is 3.86. The summed E-state index contributed by atoms with van der Waals surface area (Å²) in [6.45, 7) is 11.7. The molecule has 2 nitrogen and oxygen atoms in total. The maximum atomic E-state index is 10.0. The Morgan fingerprint density at radius 1 is 1.06 bits per heavy atom. The van der Waals surface area contributed by atoms with Crippen molar-refractivity contribution in [2.45, 2.75) is 58.7 Å². The first-order valence-electron chi connectivity index (χ1n) is 6.58. The maximum absolute atomic E-state index is 10.0. The molecule has 100 valence electrons. The van der Waals surface area contributed by atoms with Crippen LogP contribution in [0.15, 0.2) is 24.3 Å². The monoisotopic (exact) mass is 248 g/mol. The van der Waals surface area contributed by atoms with E-state index in [-0.39, 0.29) is 0 Å². The second-order valence-corrected chi connectivity index (χ2v) is 6.25. The van der Waals surface area contributed by atoms with E-state index in [1.807, 2.05) is 13.8 Å². The molecule has 0 aliphatic rings. The summed E-state index contributed by atoms with van der Waals surface area (Å²) < 4.78 is 5.83. The predicted octanol–water partition coefficient (Wildman–Crippen LogP) is 2.35. The van der Waals surface area contributed by atoms with Crippen LogP contribution >= 0.6 is 0 Å². The molecule has 0 heterocycles. The van der Waals surface area contributed by atoms with E-state index >= 15 is 0 Å². The maximum Gasteiger partial charge on any atom is 0.309 e. The first kappa shape index (κ1) is 15.3. The summed E-state index contributed by atoms with van der Waals surface area (Å²) in [7, 11) is 0.523. The van der Waals surface area contributed by atoms with E-state index in [9.17, 15) is 5.11 Å². The third-order valence-corrected chi connectivity index (χ3v) is 3.72. The van der Waals surface area contributed by atoms with Crippen LogP contribution in [-0.2, 0) is 4.65 Å². The van der Waals surface area contributed by atoms with Gasteiger partial charge in [-0.1, -0.05) is 43.6 Å². The minimum Gasteiger partial charge on any atom is -0.427 e. The Labute approximate surface area is 112 Å². The lowest BCUT2D eigenvalue weighted by Gasteiger charge is -2.37. The van der Waals surface area contributed by atoms with Crippen LogP contribution in [0, 0.1) is 0 Å². The lowest BCUT2D eigenvalue weighted by molar-refractivity contribution is -0.0893. The summed E-state index contributed by atoms with van der Waals surface area (Å²) in [5.41, 5.74) is 1.05. The molecular formula is C15H25BO2. The minimum absolute atomic E-state index is 0.523. The van der Waals surface area contributed by atoms with Gasteiger partial charge in [0.05, 0.1) is 11.2 Å². The number of hydrogen-bond donors (Lipinski definition) is 1. The van der Waals surface area contributed by atoms with Crippen LogP contribution in [0.5, 0.6) is 0 Å². The first-order valence-corrected chi connectivity index (χ1v) is 6.58. The molecular weight excluding hydrogens is 223 g/mol. The summed E-state index contributed by atoms with van der Waals surface area (Å²) in [5, 5.41) is 10.0. The lowest BCUT2D eigenvalue weighted by atomic mass is 9.82. The van der Waals surface area contributed by atoms with Gasteiger partial charge < -0.3 is 9.76 Å². The van der Waals surface area contributed by atoms with Crippen molar-refractivity contribution >= 4 is 12.9 Å². The van der Waals surface area contributed by atoms with Crippen molar-refractivity contribution in [3.63, 3.8) is 0 Å². The highest BCUT2D eigenvalue weighted by molar-refractivity contribution is 6.47. The molecule has 0 bridgehead atoms. The van der Waals surface area contributed by atoms with Crippen molar-refractivity contribution in [3.8, 4) is 0 Å². The van der Waals surface area contributed by atoms with Gasteiger partial charge in [0.15, 0.2) is 0 Å². The van der Waals surface area contributed by atoms with E-state index in [4.69, 9.17) is 4.65 Å². The van der Waals surface area contributed by atoms with Crippen molar-refractivity contribution in [3.05, 3.63) is 29.8 Å². The Morgan fingerprint density at radius 3 is 1.94 bits per heavy atom. The van der Waals surface area contributed by atoms with Crippen molar-refractivity contribution in [1.29, 1.82) is 0 Å². The Bertz CT molecular complexity index is 374. The summed E-state index contributed by atoms with van der Waals surface area (Å²) in [5.74, 6) is 0.549. The van der Waals surface area contributed by atoms with Gasteiger partial charge in [-0.2, -0.15) is 0 Å². The normalized spacial score (nSPS) is 12.9. The molecule has 0 amide bonds. The number of rotatable bonds is 5. The third-order valence-electron chi connectivity index (χ3n) is 3.72. The molecule has 18 heavy (non-hydrogen) atoms. The fourth-order valence-corrected chi connectivity index (χ4v) is 1.44. The molecule has 0 radical (unpaired) electrons. The van der Waals surface area contributed by atoms with Crippen molar-refractivity contribution in [1.82, 2.24) is 0 Å². The largest absolute Gasteiger partial charge is 0.427 e. The van der Waals surface area contributed by atoms with Crippen LogP contribution in [0.1, 0.15) is 53.0 Å². The summed E-state index contributed by atoms with van der Waals surface area (Å²) >= 11 is 0. The standard InChI is InChI=1S/C15H25BO2/c1-11(2)12-7-9-13(10-8-12)16-18-15(5,6)14(3,4)17/h7-11,16-17H,1-6H3. The van der Waals surface area contributed by atoms with Crippen LogP contribution in [0.2, 0.25) is 0 Å². The van der Waals surface area contributed by atoms with Crippen LogP contribution in [0.3, 0.4) is 0 Å². The van der Waals surface area contributed by atoms with E-state index in [1.165, 1.54) is 5.56 Å². The van der Waals surface area contributed by atoms with E-state index in [0.29, 0.717) is 13.4 Å². The molecule has 0 spiro atoms. The Kier molecular flexibility index (Phi) is 4.63. The van der Waals surface area contributed by atoms with Gasteiger partial charge >= 0.3 is 7.48 Å². The molecule has 0 fully saturated rings. The summed E-state index contributed by atoms with van der Waals surface area (Å²) in [4.78, 5) is 0. The fourth-order valence-electron chi connectivity index (χ4n) is 1.44. The van der Waals surface area contributed by atoms with Gasteiger partial charge in [-0.25, -0.2) is 0 Å².